The van der Waals surface area contributed by atoms with Crippen molar-refractivity contribution in [1.29, 1.82) is 0 Å². The first-order chi connectivity index (χ1) is 14.2. The van der Waals surface area contributed by atoms with E-state index in [1.165, 1.54) is 31.4 Å². The van der Waals surface area contributed by atoms with Crippen molar-refractivity contribution in [1.82, 2.24) is 15.3 Å². The predicted octanol–water partition coefficient (Wildman–Crippen LogP) is 1.90. The third-order valence-electron chi connectivity index (χ3n) is 3.76. The number of nitrogens with zero attached hydrogens (tertiary/aromatic N) is 2. The number of carbonyl (C=O) groups excluding carboxylic acids is 2. The molecule has 2 rings (SSSR count). The molecule has 0 aliphatic rings. The molecule has 0 spiro atoms. The Morgan fingerprint density at radius 3 is 2.47 bits per heavy atom. The molecule has 1 heterocycles. The van der Waals surface area contributed by atoms with Crippen LogP contribution in [0.15, 0.2) is 30.5 Å². The number of carbonyl (C=O) groups is 2. The highest BCUT2D eigenvalue weighted by molar-refractivity contribution is 5.93. The molecule has 0 unspecified atom stereocenters. The van der Waals surface area contributed by atoms with E-state index in [0.717, 1.165) is 0 Å². The van der Waals surface area contributed by atoms with Crippen LogP contribution in [0.4, 0.5) is 30.6 Å². The Balaban J connectivity index is 2.05. The summed E-state index contributed by atoms with van der Waals surface area (Å²) in [6.45, 7) is 0.312. The lowest BCUT2D eigenvalue weighted by Gasteiger charge is -2.15. The van der Waals surface area contributed by atoms with Gasteiger partial charge in [-0.2, -0.15) is 18.2 Å². The maximum atomic E-state index is 13.2. The molecule has 1 aromatic carbocycles. The molecule has 5 N–H and O–H groups in total. The van der Waals surface area contributed by atoms with Crippen molar-refractivity contribution < 1.29 is 27.5 Å². The smallest absolute Gasteiger partial charge is 0.375 e. The van der Waals surface area contributed by atoms with E-state index in [1.807, 2.05) is 0 Å². The summed E-state index contributed by atoms with van der Waals surface area (Å²) in [4.78, 5) is 30.0. The first-order valence-corrected chi connectivity index (χ1v) is 8.81. The number of hydrogen-bond acceptors (Lipinski definition) is 7. The second-order valence-electron chi connectivity index (χ2n) is 6.08. The summed E-state index contributed by atoms with van der Waals surface area (Å²) < 4.78 is 44.4. The minimum absolute atomic E-state index is 0.0641. The highest BCUT2D eigenvalue weighted by Crippen LogP contribution is 2.34. The summed E-state index contributed by atoms with van der Waals surface area (Å²) >= 11 is 0. The largest absolute Gasteiger partial charge is 0.421 e. The molecule has 0 saturated heterocycles. The Morgan fingerprint density at radius 2 is 1.87 bits per heavy atom. The summed E-state index contributed by atoms with van der Waals surface area (Å²) in [5, 5.41) is 7.96. The van der Waals surface area contributed by atoms with Crippen molar-refractivity contribution in [3.63, 3.8) is 0 Å². The van der Waals surface area contributed by atoms with E-state index in [-0.39, 0.29) is 37.1 Å². The van der Waals surface area contributed by atoms with Gasteiger partial charge in [0.15, 0.2) is 0 Å². The zero-order valence-electron chi connectivity index (χ0n) is 16.0. The Bertz CT molecular complexity index is 874. The Hall–Kier alpha value is -3.41. The average Bonchev–Trinajstić information content (AvgIpc) is 2.67. The number of ether oxygens (including phenoxy) is 1. The number of benzene rings is 1. The molecule has 0 saturated carbocycles. The van der Waals surface area contributed by atoms with Crippen molar-refractivity contribution in [3.8, 4) is 0 Å². The quantitative estimate of drug-likeness (QED) is 0.427. The highest BCUT2D eigenvalue weighted by atomic mass is 19.4. The lowest BCUT2D eigenvalue weighted by molar-refractivity contribution is -0.137. The molecule has 2 amide bonds. The minimum atomic E-state index is -4.64. The standard InChI is InChI=1S/C18H21F3N6O3/c1-30-10-14(28)23-7-2-8-24-16-13(18(19,20)21)9-25-17(27-16)26-12-5-3-11(4-6-12)15(22)29/h3-6,9H,2,7-8,10H2,1H3,(H2,22,29)(H,23,28)(H2,24,25,26,27). The summed E-state index contributed by atoms with van der Waals surface area (Å²) in [5.41, 5.74) is 4.90. The van der Waals surface area contributed by atoms with Crippen molar-refractivity contribution in [2.45, 2.75) is 12.6 Å². The molecular weight excluding hydrogens is 405 g/mol. The molecule has 0 atom stereocenters. The summed E-state index contributed by atoms with van der Waals surface area (Å²) in [6.07, 6.45) is -3.60. The van der Waals surface area contributed by atoms with Crippen LogP contribution in [0.25, 0.3) is 0 Å². The predicted molar refractivity (Wildman–Crippen MR) is 103 cm³/mol. The molecule has 162 valence electrons. The van der Waals surface area contributed by atoms with Crippen LogP contribution in [-0.4, -0.2) is 48.6 Å². The number of amides is 2. The third-order valence-corrected chi connectivity index (χ3v) is 3.76. The summed E-state index contributed by atoms with van der Waals surface area (Å²) in [5.74, 6) is -1.37. The number of rotatable bonds is 10. The summed E-state index contributed by atoms with van der Waals surface area (Å²) in [7, 11) is 1.38. The SMILES string of the molecule is COCC(=O)NCCCNc1nc(Nc2ccc(C(N)=O)cc2)ncc1C(F)(F)F. The van der Waals surface area contributed by atoms with Crippen LogP contribution in [0.2, 0.25) is 0 Å². The first kappa shape index (κ1) is 22.9. The van der Waals surface area contributed by atoms with Gasteiger partial charge in [0.25, 0.3) is 0 Å². The van der Waals surface area contributed by atoms with Crippen molar-refractivity contribution >= 4 is 29.3 Å². The molecule has 2 aromatic rings. The van der Waals surface area contributed by atoms with E-state index >= 15 is 0 Å². The van der Waals surface area contributed by atoms with Gasteiger partial charge in [0.2, 0.25) is 17.8 Å². The zero-order valence-corrected chi connectivity index (χ0v) is 16.0. The van der Waals surface area contributed by atoms with Crippen molar-refractivity contribution in [3.05, 3.63) is 41.6 Å². The van der Waals surface area contributed by atoms with Gasteiger partial charge in [-0.15, -0.1) is 0 Å². The molecule has 0 aliphatic heterocycles. The monoisotopic (exact) mass is 426 g/mol. The molecule has 1 aromatic heterocycles. The fourth-order valence-corrected chi connectivity index (χ4v) is 2.34. The molecule has 0 bridgehead atoms. The van der Waals surface area contributed by atoms with Gasteiger partial charge >= 0.3 is 6.18 Å². The summed E-state index contributed by atoms with van der Waals surface area (Å²) in [6, 6.07) is 5.98. The number of nitrogens with one attached hydrogen (secondary N) is 3. The van der Waals surface area contributed by atoms with E-state index in [4.69, 9.17) is 5.73 Å². The van der Waals surface area contributed by atoms with Crippen LogP contribution in [-0.2, 0) is 15.7 Å². The molecule has 12 heteroatoms. The first-order valence-electron chi connectivity index (χ1n) is 8.81. The molecule has 0 radical (unpaired) electrons. The number of alkyl halides is 3. The number of halogens is 3. The van der Waals surface area contributed by atoms with Gasteiger partial charge < -0.3 is 26.4 Å². The van der Waals surface area contributed by atoms with Crippen molar-refractivity contribution in [2.24, 2.45) is 5.73 Å². The number of methoxy groups -OCH3 is 1. The van der Waals surface area contributed by atoms with E-state index in [1.54, 1.807) is 0 Å². The maximum Gasteiger partial charge on any atom is 0.421 e. The number of nitrogens with two attached hydrogens (primary N) is 1. The van der Waals surface area contributed by atoms with Gasteiger partial charge in [0.1, 0.15) is 18.0 Å². The van der Waals surface area contributed by atoms with Gasteiger partial charge in [-0.3, -0.25) is 9.59 Å². The van der Waals surface area contributed by atoms with Crippen LogP contribution in [0.5, 0.6) is 0 Å². The normalized spacial score (nSPS) is 11.1. The van der Waals surface area contributed by atoms with Gasteiger partial charge in [-0.05, 0) is 30.7 Å². The fourth-order valence-electron chi connectivity index (χ4n) is 2.34. The molecule has 0 fully saturated rings. The van der Waals surface area contributed by atoms with Crippen LogP contribution in [0, 0.1) is 0 Å². The van der Waals surface area contributed by atoms with E-state index in [9.17, 15) is 22.8 Å². The fraction of sp³-hybridized carbons (Fsp3) is 0.333. The lowest BCUT2D eigenvalue weighted by atomic mass is 10.2. The van der Waals surface area contributed by atoms with Crippen LogP contribution < -0.4 is 21.7 Å². The molecule has 0 aliphatic carbocycles. The second-order valence-corrected chi connectivity index (χ2v) is 6.08. The average molecular weight is 426 g/mol. The topological polar surface area (TPSA) is 131 Å². The van der Waals surface area contributed by atoms with E-state index in [2.05, 4.69) is 30.7 Å². The molecule has 30 heavy (non-hydrogen) atoms. The second kappa shape index (κ2) is 10.4. The van der Waals surface area contributed by atoms with Gasteiger partial charge in [0.05, 0.1) is 0 Å². The van der Waals surface area contributed by atoms with E-state index in [0.29, 0.717) is 18.3 Å². The van der Waals surface area contributed by atoms with Gasteiger partial charge in [0, 0.05) is 37.6 Å². The maximum absolute atomic E-state index is 13.2. The number of hydrogen-bond donors (Lipinski definition) is 4. The molecular formula is C18H21F3N6O3. The number of aromatic nitrogens is 2. The minimum Gasteiger partial charge on any atom is -0.375 e. The third kappa shape index (κ3) is 6.88. The lowest BCUT2D eigenvalue weighted by Crippen LogP contribution is -2.29. The van der Waals surface area contributed by atoms with Crippen LogP contribution >= 0.6 is 0 Å². The van der Waals surface area contributed by atoms with Gasteiger partial charge in [-0.25, -0.2) is 4.98 Å². The van der Waals surface area contributed by atoms with E-state index < -0.39 is 23.5 Å². The van der Waals surface area contributed by atoms with Crippen molar-refractivity contribution in [2.75, 3.05) is 37.4 Å². The number of anilines is 3. The van der Waals surface area contributed by atoms with Crippen LogP contribution in [0.3, 0.4) is 0 Å². The zero-order chi connectivity index (χ0) is 22.1. The molecule has 9 nitrogen and oxygen atoms in total. The highest BCUT2D eigenvalue weighted by Gasteiger charge is 2.35. The Labute approximate surface area is 170 Å². The Kier molecular flexibility index (Phi) is 7.92. The number of primary amides is 1. The Morgan fingerprint density at radius 1 is 1.17 bits per heavy atom. The van der Waals surface area contributed by atoms with Gasteiger partial charge in [-0.1, -0.05) is 0 Å². The van der Waals surface area contributed by atoms with Crippen LogP contribution in [0.1, 0.15) is 22.3 Å².